The van der Waals surface area contributed by atoms with Crippen LogP contribution in [-0.4, -0.2) is 30.4 Å². The normalized spacial score (nSPS) is 12.7. The maximum absolute atomic E-state index is 11.6. The summed E-state index contributed by atoms with van der Waals surface area (Å²) >= 11 is 0. The molecule has 0 aromatic rings. The molecule has 1 rings (SSSR count). The summed E-state index contributed by atoms with van der Waals surface area (Å²) < 4.78 is 5.20. The number of unbranched alkanes of at least 4 members (excludes halogenated alkanes) is 10. The van der Waals surface area contributed by atoms with Gasteiger partial charge in [0.05, 0.1) is 6.54 Å². The van der Waals surface area contributed by atoms with Gasteiger partial charge in [0.1, 0.15) is 6.61 Å². The van der Waals surface area contributed by atoms with Gasteiger partial charge in [0, 0.05) is 6.42 Å². The summed E-state index contributed by atoms with van der Waals surface area (Å²) in [5, 5.41) is 0. The van der Waals surface area contributed by atoms with Crippen molar-refractivity contribution in [2.45, 2.75) is 84.0 Å². The average Bonchev–Trinajstić information content (AvgIpc) is 3.06. The minimum atomic E-state index is -0.0824. The van der Waals surface area contributed by atoms with Crippen molar-refractivity contribution in [2.75, 3.05) is 13.2 Å². The highest BCUT2D eigenvalue weighted by atomic mass is 16.5. The molecule has 0 saturated carbocycles. The highest BCUT2D eigenvalue weighted by molar-refractivity contribution is 5.69. The molecule has 1 heterocycles. The molecular weight excluding hydrogens is 288 g/mol. The van der Waals surface area contributed by atoms with Crippen LogP contribution in [0.1, 0.15) is 84.0 Å². The first-order valence-electron chi connectivity index (χ1n) is 9.37. The van der Waals surface area contributed by atoms with Gasteiger partial charge in [-0.3, -0.25) is 4.79 Å². The number of nitrogens with zero attached hydrogens (tertiary/aromatic N) is 2. The Morgan fingerprint density at radius 3 is 2.17 bits per heavy atom. The molecule has 0 aliphatic carbocycles. The number of carbonyl (C=O) groups is 1. The Labute approximate surface area is 142 Å². The van der Waals surface area contributed by atoms with Crippen LogP contribution in [0.3, 0.4) is 0 Å². The Balaban J connectivity index is 1.77. The van der Waals surface area contributed by atoms with E-state index in [2.05, 4.69) is 18.3 Å². The fourth-order valence-electron chi connectivity index (χ4n) is 2.64. The van der Waals surface area contributed by atoms with Crippen molar-refractivity contribution in [1.29, 1.82) is 0 Å². The summed E-state index contributed by atoms with van der Waals surface area (Å²) in [5.41, 5.74) is 0. The van der Waals surface area contributed by atoms with Gasteiger partial charge in [-0.25, -0.2) is 0 Å². The maximum Gasteiger partial charge on any atom is 0.305 e. The van der Waals surface area contributed by atoms with Crippen LogP contribution >= 0.6 is 0 Å². The van der Waals surface area contributed by atoms with E-state index in [9.17, 15) is 4.79 Å². The second kappa shape index (κ2) is 14.2. The van der Waals surface area contributed by atoms with Crippen LogP contribution in [0.2, 0.25) is 0 Å². The Morgan fingerprint density at radius 1 is 1.00 bits per heavy atom. The molecule has 23 heavy (non-hydrogen) atoms. The summed E-state index contributed by atoms with van der Waals surface area (Å²) in [6.45, 7) is 3.29. The number of rotatable bonds is 15. The molecule has 0 spiro atoms. The molecule has 4 nitrogen and oxygen atoms in total. The summed E-state index contributed by atoms with van der Waals surface area (Å²) in [5.74, 6) is -0.0824. The van der Waals surface area contributed by atoms with Gasteiger partial charge in [0.25, 0.3) is 6.34 Å². The van der Waals surface area contributed by atoms with Crippen LogP contribution in [0.15, 0.2) is 17.4 Å². The number of hydrogen-bond donors (Lipinski definition) is 0. The first kappa shape index (κ1) is 19.6. The molecule has 130 valence electrons. The van der Waals surface area contributed by atoms with Gasteiger partial charge >= 0.3 is 5.97 Å². The molecule has 0 bridgehead atoms. The second-order valence-electron chi connectivity index (χ2n) is 6.23. The van der Waals surface area contributed by atoms with Crippen LogP contribution in [0.25, 0.3) is 0 Å². The Bertz CT molecular complexity index is 341. The average molecular weight is 321 g/mol. The third-order valence-electron chi connectivity index (χ3n) is 4.09. The molecule has 0 fully saturated rings. The summed E-state index contributed by atoms with van der Waals surface area (Å²) in [7, 11) is 0. The van der Waals surface area contributed by atoms with Gasteiger partial charge in [0.2, 0.25) is 6.20 Å². The lowest BCUT2D eigenvalue weighted by atomic mass is 10.1. The molecule has 1 aliphatic rings. The fraction of sp³-hybridized carbons (Fsp3) is 0.789. The van der Waals surface area contributed by atoms with E-state index in [0.29, 0.717) is 19.6 Å². The van der Waals surface area contributed by atoms with Crippen molar-refractivity contribution in [1.82, 2.24) is 4.90 Å². The van der Waals surface area contributed by atoms with E-state index in [1.807, 2.05) is 6.20 Å². The quantitative estimate of drug-likeness (QED) is 0.244. The predicted octanol–water partition coefficient (Wildman–Crippen LogP) is 4.92. The Hall–Kier alpha value is -1.41. The standard InChI is InChI=1S/C19H33N2O2/c1-2-3-4-5-6-7-8-9-10-11-12-13-19(22)23-17-16-21-15-14-20-18-21/h14-15H,2-13,16-17H2,1H3/q+1. The first-order valence-corrected chi connectivity index (χ1v) is 9.37. The molecule has 0 unspecified atom stereocenters. The third kappa shape index (κ3) is 11.8. The van der Waals surface area contributed by atoms with Crippen molar-refractivity contribution in [3.8, 4) is 0 Å². The first-order chi connectivity index (χ1) is 11.3. The lowest BCUT2D eigenvalue weighted by Crippen LogP contribution is -2.20. The molecule has 0 aromatic heterocycles. The van der Waals surface area contributed by atoms with E-state index >= 15 is 0 Å². The second-order valence-corrected chi connectivity index (χ2v) is 6.23. The zero-order chi connectivity index (χ0) is 16.6. The maximum atomic E-state index is 11.6. The van der Waals surface area contributed by atoms with Gasteiger partial charge in [-0.2, -0.15) is 4.90 Å². The molecule has 1 aliphatic heterocycles. The number of aliphatic imine (C=N–C) groups is 1. The molecule has 0 radical (unpaired) electrons. The number of hydrogen-bond acceptors (Lipinski definition) is 4. The van der Waals surface area contributed by atoms with E-state index in [-0.39, 0.29) is 5.97 Å². The van der Waals surface area contributed by atoms with Crippen molar-refractivity contribution in [3.05, 3.63) is 12.4 Å². The van der Waals surface area contributed by atoms with Gasteiger partial charge in [0.15, 0.2) is 6.20 Å². The van der Waals surface area contributed by atoms with Crippen molar-refractivity contribution in [2.24, 2.45) is 4.99 Å². The predicted molar refractivity (Wildman–Crippen MR) is 95.3 cm³/mol. The minimum Gasteiger partial charge on any atom is -0.464 e. The largest absolute Gasteiger partial charge is 0.464 e. The van der Waals surface area contributed by atoms with Crippen LogP contribution in [0.5, 0.6) is 0 Å². The van der Waals surface area contributed by atoms with Gasteiger partial charge in [-0.15, -0.1) is 0 Å². The van der Waals surface area contributed by atoms with Crippen LogP contribution in [0.4, 0.5) is 0 Å². The number of carbonyl (C=O) groups excluding carboxylic acids is 1. The van der Waals surface area contributed by atoms with Crippen LogP contribution in [-0.2, 0) is 9.53 Å². The van der Waals surface area contributed by atoms with E-state index in [0.717, 1.165) is 12.8 Å². The van der Waals surface area contributed by atoms with Crippen molar-refractivity contribution < 1.29 is 9.53 Å². The van der Waals surface area contributed by atoms with E-state index < -0.39 is 0 Å². The monoisotopic (exact) mass is 321 g/mol. The highest BCUT2D eigenvalue weighted by Crippen LogP contribution is 2.12. The zero-order valence-corrected chi connectivity index (χ0v) is 14.8. The molecular formula is C19H33N2O2+. The van der Waals surface area contributed by atoms with Crippen LogP contribution < -0.4 is 0 Å². The Kier molecular flexibility index (Phi) is 12.1. The summed E-state index contributed by atoms with van der Waals surface area (Å²) in [6.07, 6.45) is 21.1. The zero-order valence-electron chi connectivity index (χ0n) is 14.8. The number of ether oxygens (including phenoxy) is 1. The molecule has 0 N–H and O–H groups in total. The molecule has 0 atom stereocenters. The SMILES string of the molecule is CCCCCCCCCCCCCC(=O)OCCN1[C+]=NC=C1. The Morgan fingerprint density at radius 2 is 1.61 bits per heavy atom. The van der Waals surface area contributed by atoms with Gasteiger partial charge < -0.3 is 4.74 Å². The van der Waals surface area contributed by atoms with E-state index in [4.69, 9.17) is 4.74 Å². The van der Waals surface area contributed by atoms with Gasteiger partial charge in [-0.05, 0) is 11.4 Å². The fourth-order valence-corrected chi connectivity index (χ4v) is 2.64. The lowest BCUT2D eigenvalue weighted by molar-refractivity contribution is -0.143. The summed E-state index contributed by atoms with van der Waals surface area (Å²) in [6, 6.07) is 0. The van der Waals surface area contributed by atoms with Gasteiger partial charge in [-0.1, -0.05) is 71.1 Å². The molecule has 0 amide bonds. The van der Waals surface area contributed by atoms with E-state index in [1.165, 1.54) is 57.8 Å². The molecule has 4 heteroatoms. The van der Waals surface area contributed by atoms with E-state index in [1.54, 1.807) is 11.1 Å². The minimum absolute atomic E-state index is 0.0824. The molecule has 0 saturated heterocycles. The third-order valence-corrected chi connectivity index (χ3v) is 4.09. The van der Waals surface area contributed by atoms with Crippen LogP contribution in [0, 0.1) is 0 Å². The molecule has 0 aromatic carbocycles. The topological polar surface area (TPSA) is 41.9 Å². The van der Waals surface area contributed by atoms with Crippen molar-refractivity contribution in [3.63, 3.8) is 0 Å². The smallest absolute Gasteiger partial charge is 0.305 e. The highest BCUT2D eigenvalue weighted by Gasteiger charge is 2.11. The van der Waals surface area contributed by atoms with Crippen molar-refractivity contribution >= 4 is 12.3 Å². The number of esters is 1. The lowest BCUT2D eigenvalue weighted by Gasteiger charge is -2.06. The summed E-state index contributed by atoms with van der Waals surface area (Å²) in [4.78, 5) is 17.2.